The van der Waals surface area contributed by atoms with E-state index in [0.717, 1.165) is 5.75 Å². The van der Waals surface area contributed by atoms with Crippen LogP contribution in [0.2, 0.25) is 8.87 Å². The van der Waals surface area contributed by atoms with E-state index < -0.39 is 17.3 Å². The van der Waals surface area contributed by atoms with Crippen molar-refractivity contribution in [3.8, 4) is 5.75 Å². The van der Waals surface area contributed by atoms with Crippen molar-refractivity contribution < 1.29 is 4.74 Å². The third-order valence-electron chi connectivity index (χ3n) is 3.44. The van der Waals surface area contributed by atoms with Gasteiger partial charge >= 0.3 is 120 Å². The van der Waals surface area contributed by atoms with Gasteiger partial charge in [-0.2, -0.15) is 0 Å². The van der Waals surface area contributed by atoms with Crippen LogP contribution in [-0.2, 0) is 0 Å². The van der Waals surface area contributed by atoms with Crippen molar-refractivity contribution >= 4 is 29.8 Å². The maximum atomic E-state index is 7.11. The van der Waals surface area contributed by atoms with Crippen molar-refractivity contribution in [1.29, 1.82) is 0 Å². The molecule has 0 aliphatic heterocycles. The Bertz CT molecular complexity index is 346. The van der Waals surface area contributed by atoms with E-state index in [4.69, 9.17) is 13.7 Å². The quantitative estimate of drug-likeness (QED) is 0.599. The molecule has 0 N–H and O–H groups in total. The molecule has 18 heavy (non-hydrogen) atoms. The average Bonchev–Trinajstić information content (AvgIpc) is 2.43. The van der Waals surface area contributed by atoms with E-state index in [2.05, 4.69) is 32.0 Å². The minimum atomic E-state index is -2.64. The van der Waals surface area contributed by atoms with Crippen LogP contribution in [0.4, 0.5) is 0 Å². The predicted octanol–water partition coefficient (Wildman–Crippen LogP) is 4.69. The zero-order valence-corrected chi connectivity index (χ0v) is 15.4. The van der Waals surface area contributed by atoms with Crippen molar-refractivity contribution in [1.82, 2.24) is 0 Å². The third kappa shape index (κ3) is 4.65. The molecule has 0 spiro atoms. The van der Waals surface area contributed by atoms with E-state index in [1.165, 1.54) is 38.1 Å². The average molecular weight is 376 g/mol. The van der Waals surface area contributed by atoms with Crippen LogP contribution in [-0.4, -0.2) is 24.4 Å². The standard InChI is InChI=1S/C7H7O.2C4H9.ClH.Sn/c1-8-7-5-3-2-4-6-7;2*1-3-4-2;;/h2-3,5-6H,1H3;2*1,3-4H2,2H3;1H;/q;;;;+1/p-1. The number of unbranched alkanes of at least 4 members (excludes halogenated alkanes) is 2. The number of halogens is 1. The van der Waals surface area contributed by atoms with Crippen LogP contribution >= 0.6 is 8.92 Å². The summed E-state index contributed by atoms with van der Waals surface area (Å²) in [5, 5.41) is 0. The third-order valence-corrected chi connectivity index (χ3v) is 17.8. The van der Waals surface area contributed by atoms with Gasteiger partial charge in [0, 0.05) is 0 Å². The molecule has 0 saturated carbocycles. The number of benzene rings is 1. The summed E-state index contributed by atoms with van der Waals surface area (Å²) in [6, 6.07) is 8.48. The predicted molar refractivity (Wildman–Crippen MR) is 83.7 cm³/mol. The van der Waals surface area contributed by atoms with Gasteiger partial charge in [-0.3, -0.25) is 0 Å². The molecule has 0 saturated heterocycles. The number of ether oxygens (including phenoxy) is 1. The number of hydrogen-bond donors (Lipinski definition) is 0. The van der Waals surface area contributed by atoms with Crippen LogP contribution < -0.4 is 8.32 Å². The molecule has 0 aliphatic carbocycles. The Morgan fingerprint density at radius 2 is 1.72 bits per heavy atom. The number of hydrogen-bond acceptors (Lipinski definition) is 1. The SMILES string of the molecule is CCC[CH2][Sn]([Cl])([CH2]CCC)[c]1cccc(OC)c1. The van der Waals surface area contributed by atoms with Gasteiger partial charge in [0.15, 0.2) is 0 Å². The van der Waals surface area contributed by atoms with E-state index in [1.807, 2.05) is 6.07 Å². The van der Waals surface area contributed by atoms with Gasteiger partial charge in [0.2, 0.25) is 0 Å². The topological polar surface area (TPSA) is 9.23 Å². The minimum absolute atomic E-state index is 0.947. The molecule has 0 bridgehead atoms. The van der Waals surface area contributed by atoms with Crippen molar-refractivity contribution in [3.63, 3.8) is 0 Å². The second kappa shape index (κ2) is 8.31. The Kier molecular flexibility index (Phi) is 7.47. The molecular weight excluding hydrogens is 350 g/mol. The Hall–Kier alpha value is 0.109. The van der Waals surface area contributed by atoms with E-state index in [0.29, 0.717) is 0 Å². The summed E-state index contributed by atoms with van der Waals surface area (Å²) < 4.78 is 9.24. The summed E-state index contributed by atoms with van der Waals surface area (Å²) in [6.45, 7) is 4.49. The molecular formula is C15H25ClOSn. The molecule has 3 heteroatoms. The van der Waals surface area contributed by atoms with Gasteiger partial charge in [0.25, 0.3) is 0 Å². The summed E-state index contributed by atoms with van der Waals surface area (Å²) in [5.74, 6) is 0.947. The van der Waals surface area contributed by atoms with Crippen LogP contribution in [0.15, 0.2) is 24.3 Å². The molecule has 1 rings (SSSR count). The van der Waals surface area contributed by atoms with E-state index in [-0.39, 0.29) is 0 Å². The van der Waals surface area contributed by atoms with Crippen LogP contribution in [0.3, 0.4) is 0 Å². The number of methoxy groups -OCH3 is 1. The summed E-state index contributed by atoms with van der Waals surface area (Å²) in [6.07, 6.45) is 5.00. The molecule has 102 valence electrons. The maximum absolute atomic E-state index is 7.11. The summed E-state index contributed by atoms with van der Waals surface area (Å²) >= 11 is -2.64. The first kappa shape index (κ1) is 16.2. The molecule has 1 aromatic carbocycles. The Morgan fingerprint density at radius 1 is 1.11 bits per heavy atom. The second-order valence-corrected chi connectivity index (χ2v) is 19.8. The van der Waals surface area contributed by atoms with Crippen LogP contribution in [0, 0.1) is 0 Å². The Morgan fingerprint density at radius 3 is 2.22 bits per heavy atom. The Balaban J connectivity index is 2.91. The summed E-state index contributed by atoms with van der Waals surface area (Å²) in [7, 11) is 8.83. The molecule has 0 atom stereocenters. The van der Waals surface area contributed by atoms with Gasteiger partial charge in [-0.05, 0) is 0 Å². The Labute approximate surface area is 119 Å². The van der Waals surface area contributed by atoms with Crippen molar-refractivity contribution in [2.45, 2.75) is 48.4 Å². The van der Waals surface area contributed by atoms with E-state index >= 15 is 0 Å². The molecule has 0 fully saturated rings. The van der Waals surface area contributed by atoms with Crippen LogP contribution in [0.25, 0.3) is 0 Å². The van der Waals surface area contributed by atoms with Crippen molar-refractivity contribution in [2.75, 3.05) is 7.11 Å². The fraction of sp³-hybridized carbons (Fsp3) is 0.600. The van der Waals surface area contributed by atoms with Gasteiger partial charge < -0.3 is 0 Å². The van der Waals surface area contributed by atoms with E-state index in [1.54, 1.807) is 7.11 Å². The monoisotopic (exact) mass is 376 g/mol. The molecule has 0 amide bonds. The molecule has 0 aromatic heterocycles. The fourth-order valence-electron chi connectivity index (χ4n) is 2.23. The van der Waals surface area contributed by atoms with Gasteiger partial charge in [-0.25, -0.2) is 0 Å². The number of rotatable bonds is 8. The zero-order chi connectivity index (χ0) is 13.4. The normalized spacial score (nSPS) is 11.6. The fourth-order valence-corrected chi connectivity index (χ4v) is 14.7. The first-order chi connectivity index (χ1) is 8.66. The zero-order valence-electron chi connectivity index (χ0n) is 11.8. The molecule has 0 radical (unpaired) electrons. The van der Waals surface area contributed by atoms with Gasteiger partial charge in [-0.1, -0.05) is 0 Å². The van der Waals surface area contributed by atoms with Gasteiger partial charge in [0.05, 0.1) is 0 Å². The molecule has 1 aromatic rings. The second-order valence-electron chi connectivity index (χ2n) is 4.90. The molecule has 1 nitrogen and oxygen atoms in total. The van der Waals surface area contributed by atoms with Crippen molar-refractivity contribution in [2.24, 2.45) is 0 Å². The summed E-state index contributed by atoms with van der Waals surface area (Å²) in [5.41, 5.74) is 0. The summed E-state index contributed by atoms with van der Waals surface area (Å²) in [4.78, 5) is 0. The van der Waals surface area contributed by atoms with Gasteiger partial charge in [-0.15, -0.1) is 0 Å². The first-order valence-corrected chi connectivity index (χ1v) is 16.1. The molecule has 0 heterocycles. The van der Waals surface area contributed by atoms with Crippen LogP contribution in [0.1, 0.15) is 39.5 Å². The molecule has 0 aliphatic rings. The van der Waals surface area contributed by atoms with Gasteiger partial charge in [0.1, 0.15) is 0 Å². The van der Waals surface area contributed by atoms with Crippen molar-refractivity contribution in [3.05, 3.63) is 24.3 Å². The molecule has 0 unspecified atom stereocenters. The van der Waals surface area contributed by atoms with E-state index in [9.17, 15) is 0 Å². The van der Waals surface area contributed by atoms with Crippen LogP contribution in [0.5, 0.6) is 5.75 Å². The first-order valence-electron chi connectivity index (χ1n) is 6.99.